The summed E-state index contributed by atoms with van der Waals surface area (Å²) >= 11 is 0. The Hall–Kier alpha value is -3.29. The lowest BCUT2D eigenvalue weighted by atomic mass is 10.1. The summed E-state index contributed by atoms with van der Waals surface area (Å²) in [5.74, 6) is 0.840. The molecule has 1 amide bonds. The van der Waals surface area contributed by atoms with Crippen LogP contribution in [0.15, 0.2) is 30.6 Å². The number of rotatable bonds is 5. The van der Waals surface area contributed by atoms with Crippen molar-refractivity contribution in [2.75, 3.05) is 11.4 Å². The Labute approximate surface area is 162 Å². The fourth-order valence-electron chi connectivity index (χ4n) is 3.54. The largest absolute Gasteiger partial charge is 0.427 e. The van der Waals surface area contributed by atoms with Crippen molar-refractivity contribution in [3.63, 3.8) is 0 Å². The van der Waals surface area contributed by atoms with Gasteiger partial charge in [0.25, 0.3) is 5.78 Å². The van der Waals surface area contributed by atoms with Crippen LogP contribution in [0.2, 0.25) is 0 Å². The number of fused-ring (bicyclic) bond motifs is 1. The summed E-state index contributed by atoms with van der Waals surface area (Å²) in [4.78, 5) is 34.3. The molecule has 3 heterocycles. The predicted octanol–water partition coefficient (Wildman–Crippen LogP) is 2.41. The number of aromatic nitrogens is 4. The zero-order valence-corrected chi connectivity index (χ0v) is 15.9. The van der Waals surface area contributed by atoms with Gasteiger partial charge in [0, 0.05) is 30.0 Å². The number of anilines is 1. The fraction of sp³-hybridized carbons (Fsp3) is 0.350. The second kappa shape index (κ2) is 7.38. The fourth-order valence-corrected chi connectivity index (χ4v) is 3.54. The summed E-state index contributed by atoms with van der Waals surface area (Å²) in [6.45, 7) is 4.58. The highest BCUT2D eigenvalue weighted by Gasteiger charge is 2.21. The van der Waals surface area contributed by atoms with E-state index in [1.165, 1.54) is 6.33 Å². The molecule has 2 aromatic heterocycles. The van der Waals surface area contributed by atoms with E-state index >= 15 is 0 Å². The topological polar surface area (TPSA) is 89.7 Å². The third kappa shape index (κ3) is 3.45. The van der Waals surface area contributed by atoms with E-state index in [0.717, 1.165) is 35.6 Å². The van der Waals surface area contributed by atoms with Crippen LogP contribution >= 0.6 is 0 Å². The molecule has 0 radical (unpaired) electrons. The SMILES string of the molecule is Cc1nc2ncnn2c(C)c1CCC(=O)Oc1ccc(N2CCCC2=O)cc1. The van der Waals surface area contributed by atoms with Gasteiger partial charge in [0.2, 0.25) is 5.91 Å². The maximum atomic E-state index is 12.3. The highest BCUT2D eigenvalue weighted by atomic mass is 16.5. The Bertz CT molecular complexity index is 1040. The lowest BCUT2D eigenvalue weighted by Gasteiger charge is -2.15. The maximum Gasteiger partial charge on any atom is 0.311 e. The van der Waals surface area contributed by atoms with Gasteiger partial charge in [-0.05, 0) is 56.5 Å². The van der Waals surface area contributed by atoms with Gasteiger partial charge in [0.05, 0.1) is 6.42 Å². The second-order valence-electron chi connectivity index (χ2n) is 6.85. The van der Waals surface area contributed by atoms with Crippen molar-refractivity contribution >= 4 is 23.3 Å². The average Bonchev–Trinajstić information content (AvgIpc) is 3.31. The molecular weight excluding hydrogens is 358 g/mol. The predicted molar refractivity (Wildman–Crippen MR) is 102 cm³/mol. The van der Waals surface area contributed by atoms with Crippen LogP contribution in [0.3, 0.4) is 0 Å². The average molecular weight is 379 g/mol. The van der Waals surface area contributed by atoms with E-state index in [2.05, 4.69) is 15.1 Å². The van der Waals surface area contributed by atoms with Crippen LogP contribution in [0, 0.1) is 13.8 Å². The Morgan fingerprint density at radius 3 is 2.71 bits per heavy atom. The molecule has 0 saturated carbocycles. The van der Waals surface area contributed by atoms with Crippen LogP contribution in [-0.4, -0.2) is 38.0 Å². The molecule has 1 aromatic carbocycles. The van der Waals surface area contributed by atoms with E-state index in [-0.39, 0.29) is 18.3 Å². The standard InChI is InChI=1S/C20H21N5O3/c1-13-17(14(2)25-20(23-13)21-12-22-25)9-10-19(27)28-16-7-5-15(6-8-16)24-11-3-4-18(24)26/h5-8,12H,3-4,9-11H2,1-2H3. The second-order valence-corrected chi connectivity index (χ2v) is 6.85. The van der Waals surface area contributed by atoms with Crippen LogP contribution in [0.1, 0.15) is 36.2 Å². The molecule has 0 atom stereocenters. The van der Waals surface area contributed by atoms with E-state index < -0.39 is 0 Å². The van der Waals surface area contributed by atoms with Gasteiger partial charge in [-0.15, -0.1) is 0 Å². The molecule has 1 aliphatic heterocycles. The maximum absolute atomic E-state index is 12.3. The molecule has 0 bridgehead atoms. The Kier molecular flexibility index (Phi) is 4.77. The van der Waals surface area contributed by atoms with Gasteiger partial charge >= 0.3 is 5.97 Å². The highest BCUT2D eigenvalue weighted by molar-refractivity contribution is 5.95. The van der Waals surface area contributed by atoms with Crippen LogP contribution < -0.4 is 9.64 Å². The van der Waals surface area contributed by atoms with Crippen molar-refractivity contribution < 1.29 is 14.3 Å². The number of benzene rings is 1. The quantitative estimate of drug-likeness (QED) is 0.500. The molecule has 0 unspecified atom stereocenters. The molecule has 0 spiro atoms. The summed E-state index contributed by atoms with van der Waals surface area (Å²) in [5.41, 5.74) is 3.57. The molecule has 8 heteroatoms. The van der Waals surface area contributed by atoms with Crippen LogP contribution in [-0.2, 0) is 16.0 Å². The van der Waals surface area contributed by atoms with Gasteiger partial charge in [-0.1, -0.05) is 0 Å². The zero-order chi connectivity index (χ0) is 19.7. The number of carbonyl (C=O) groups excluding carboxylic acids is 2. The first-order valence-corrected chi connectivity index (χ1v) is 9.30. The van der Waals surface area contributed by atoms with Gasteiger partial charge in [-0.25, -0.2) is 9.50 Å². The molecular formula is C20H21N5O3. The van der Waals surface area contributed by atoms with Gasteiger partial charge in [0.15, 0.2) is 0 Å². The van der Waals surface area contributed by atoms with Crippen molar-refractivity contribution in [3.8, 4) is 5.75 Å². The third-order valence-corrected chi connectivity index (χ3v) is 5.02. The minimum Gasteiger partial charge on any atom is -0.427 e. The van der Waals surface area contributed by atoms with Gasteiger partial charge in [-0.2, -0.15) is 10.1 Å². The first-order valence-electron chi connectivity index (χ1n) is 9.30. The Balaban J connectivity index is 1.39. The summed E-state index contributed by atoms with van der Waals surface area (Å²) in [6, 6.07) is 7.06. The van der Waals surface area contributed by atoms with E-state index in [1.807, 2.05) is 26.0 Å². The lowest BCUT2D eigenvalue weighted by Crippen LogP contribution is -2.23. The van der Waals surface area contributed by atoms with Gasteiger partial charge in [-0.3, -0.25) is 9.59 Å². The molecule has 8 nitrogen and oxygen atoms in total. The molecule has 1 fully saturated rings. The minimum absolute atomic E-state index is 0.133. The number of aryl methyl sites for hydroxylation is 2. The van der Waals surface area contributed by atoms with Gasteiger partial charge in [0.1, 0.15) is 12.1 Å². The molecule has 0 N–H and O–H groups in total. The minimum atomic E-state index is -0.317. The monoisotopic (exact) mass is 379 g/mol. The molecule has 28 heavy (non-hydrogen) atoms. The first kappa shape index (κ1) is 18.1. The summed E-state index contributed by atoms with van der Waals surface area (Å²) in [5, 5.41) is 4.16. The number of hydrogen-bond acceptors (Lipinski definition) is 6. The normalized spacial score (nSPS) is 14.1. The number of nitrogens with zero attached hydrogens (tertiary/aromatic N) is 5. The molecule has 1 aliphatic rings. The number of amides is 1. The van der Waals surface area contributed by atoms with Crippen LogP contribution in [0.4, 0.5) is 5.69 Å². The molecule has 1 saturated heterocycles. The number of esters is 1. The van der Waals surface area contributed by atoms with Gasteiger partial charge < -0.3 is 9.64 Å². The molecule has 3 aromatic rings. The molecule has 0 aliphatic carbocycles. The van der Waals surface area contributed by atoms with Crippen molar-refractivity contribution in [3.05, 3.63) is 47.5 Å². The summed E-state index contributed by atoms with van der Waals surface area (Å²) in [6.07, 6.45) is 3.68. The van der Waals surface area contributed by atoms with Crippen molar-refractivity contribution in [1.29, 1.82) is 0 Å². The lowest BCUT2D eigenvalue weighted by molar-refractivity contribution is -0.134. The summed E-state index contributed by atoms with van der Waals surface area (Å²) < 4.78 is 7.11. The van der Waals surface area contributed by atoms with E-state index in [9.17, 15) is 9.59 Å². The molecule has 144 valence electrons. The van der Waals surface area contributed by atoms with Crippen molar-refractivity contribution in [2.24, 2.45) is 0 Å². The smallest absolute Gasteiger partial charge is 0.311 e. The van der Waals surface area contributed by atoms with Crippen molar-refractivity contribution in [2.45, 2.75) is 39.5 Å². The van der Waals surface area contributed by atoms with E-state index in [4.69, 9.17) is 4.74 Å². The van der Waals surface area contributed by atoms with E-state index in [0.29, 0.717) is 24.4 Å². The van der Waals surface area contributed by atoms with Crippen LogP contribution in [0.5, 0.6) is 5.75 Å². The zero-order valence-electron chi connectivity index (χ0n) is 15.9. The third-order valence-electron chi connectivity index (χ3n) is 5.02. The summed E-state index contributed by atoms with van der Waals surface area (Å²) in [7, 11) is 0. The number of ether oxygens (including phenoxy) is 1. The Morgan fingerprint density at radius 2 is 2.00 bits per heavy atom. The molecule has 4 rings (SSSR count). The van der Waals surface area contributed by atoms with E-state index in [1.54, 1.807) is 21.5 Å². The van der Waals surface area contributed by atoms with Crippen LogP contribution in [0.25, 0.3) is 5.78 Å². The highest BCUT2D eigenvalue weighted by Crippen LogP contribution is 2.24. The van der Waals surface area contributed by atoms with Crippen molar-refractivity contribution in [1.82, 2.24) is 19.6 Å². The first-order chi connectivity index (χ1) is 13.5. The number of carbonyl (C=O) groups is 2. The number of hydrogen-bond donors (Lipinski definition) is 0. The Morgan fingerprint density at radius 1 is 1.21 bits per heavy atom.